The van der Waals surface area contributed by atoms with Crippen molar-refractivity contribution in [2.75, 3.05) is 19.8 Å². The number of likely N-dealkylation sites (tertiary alicyclic amines) is 1. The number of aliphatic hydroxyl groups is 1. The maximum absolute atomic E-state index is 13.8. The SMILES string of the molecule is O=C(c1cncnc1)N1C[C@@H](CO)[C@@H]2COc3ccc(F)cc3[C@@H]21. The zero-order valence-corrected chi connectivity index (χ0v) is 12.8. The maximum atomic E-state index is 13.8. The van der Waals surface area contributed by atoms with Gasteiger partial charge in [0.2, 0.25) is 0 Å². The van der Waals surface area contributed by atoms with Crippen LogP contribution in [-0.2, 0) is 0 Å². The van der Waals surface area contributed by atoms with Crippen LogP contribution >= 0.6 is 0 Å². The number of benzene rings is 1. The molecule has 4 rings (SSSR count). The van der Waals surface area contributed by atoms with E-state index in [0.29, 0.717) is 30.0 Å². The minimum Gasteiger partial charge on any atom is -0.493 e. The summed E-state index contributed by atoms with van der Waals surface area (Å²) in [6.07, 6.45) is 4.28. The molecule has 1 saturated heterocycles. The summed E-state index contributed by atoms with van der Waals surface area (Å²) < 4.78 is 19.5. The molecule has 0 unspecified atom stereocenters. The Hall–Kier alpha value is -2.54. The minimum absolute atomic E-state index is 0.0513. The van der Waals surface area contributed by atoms with E-state index in [9.17, 15) is 14.3 Å². The molecule has 2 aliphatic heterocycles. The Morgan fingerprint density at radius 3 is 2.92 bits per heavy atom. The summed E-state index contributed by atoms with van der Waals surface area (Å²) in [5, 5.41) is 9.69. The fourth-order valence-corrected chi connectivity index (χ4v) is 3.66. The van der Waals surface area contributed by atoms with E-state index >= 15 is 0 Å². The molecule has 1 aromatic heterocycles. The van der Waals surface area contributed by atoms with Crippen LogP contribution in [0.3, 0.4) is 0 Å². The van der Waals surface area contributed by atoms with Crippen molar-refractivity contribution in [1.82, 2.24) is 14.9 Å². The lowest BCUT2D eigenvalue weighted by molar-refractivity contribution is 0.0672. The Morgan fingerprint density at radius 1 is 1.38 bits per heavy atom. The molecular formula is C17H16FN3O3. The van der Waals surface area contributed by atoms with E-state index in [1.807, 2.05) is 0 Å². The quantitative estimate of drug-likeness (QED) is 0.902. The first-order valence-corrected chi connectivity index (χ1v) is 7.78. The molecule has 0 saturated carbocycles. The maximum Gasteiger partial charge on any atom is 0.257 e. The molecule has 1 aromatic carbocycles. The average molecular weight is 329 g/mol. The Kier molecular flexibility index (Phi) is 3.65. The Morgan fingerprint density at radius 2 is 2.17 bits per heavy atom. The van der Waals surface area contributed by atoms with E-state index in [1.54, 1.807) is 11.0 Å². The Bertz CT molecular complexity index is 771. The van der Waals surface area contributed by atoms with Gasteiger partial charge in [-0.15, -0.1) is 0 Å². The molecule has 6 nitrogen and oxygen atoms in total. The lowest BCUT2D eigenvalue weighted by atomic mass is 9.85. The molecule has 0 bridgehead atoms. The van der Waals surface area contributed by atoms with Gasteiger partial charge in [0.05, 0.1) is 18.2 Å². The molecular weight excluding hydrogens is 313 g/mol. The highest BCUT2D eigenvalue weighted by Crippen LogP contribution is 2.47. The largest absolute Gasteiger partial charge is 0.493 e. The molecule has 1 N–H and O–H groups in total. The smallest absolute Gasteiger partial charge is 0.257 e. The van der Waals surface area contributed by atoms with Crippen molar-refractivity contribution in [2.45, 2.75) is 6.04 Å². The zero-order chi connectivity index (χ0) is 16.7. The summed E-state index contributed by atoms with van der Waals surface area (Å²) in [4.78, 5) is 22.3. The van der Waals surface area contributed by atoms with Crippen LogP contribution in [0.15, 0.2) is 36.9 Å². The van der Waals surface area contributed by atoms with Crippen LogP contribution in [0.5, 0.6) is 5.75 Å². The third kappa shape index (κ3) is 2.32. The molecule has 3 heterocycles. The third-order valence-corrected chi connectivity index (χ3v) is 4.80. The number of carbonyl (C=O) groups excluding carboxylic acids is 1. The minimum atomic E-state index is -0.374. The van der Waals surface area contributed by atoms with E-state index < -0.39 is 0 Å². The zero-order valence-electron chi connectivity index (χ0n) is 12.8. The van der Waals surface area contributed by atoms with Crippen molar-refractivity contribution in [3.63, 3.8) is 0 Å². The molecule has 2 aromatic rings. The van der Waals surface area contributed by atoms with Gasteiger partial charge in [-0.3, -0.25) is 4.79 Å². The number of carbonyl (C=O) groups is 1. The fourth-order valence-electron chi connectivity index (χ4n) is 3.66. The summed E-state index contributed by atoms with van der Waals surface area (Å²) >= 11 is 0. The first-order valence-electron chi connectivity index (χ1n) is 7.78. The molecule has 1 amide bonds. The lowest BCUT2D eigenvalue weighted by Crippen LogP contribution is -2.35. The highest BCUT2D eigenvalue weighted by atomic mass is 19.1. The van der Waals surface area contributed by atoms with Crippen LogP contribution in [0.1, 0.15) is 22.0 Å². The van der Waals surface area contributed by atoms with Gasteiger partial charge in [0.1, 0.15) is 17.9 Å². The first-order chi connectivity index (χ1) is 11.7. The van der Waals surface area contributed by atoms with Gasteiger partial charge in [-0.1, -0.05) is 0 Å². The van der Waals surface area contributed by atoms with Crippen molar-refractivity contribution in [3.8, 4) is 5.75 Å². The standard InChI is InChI=1S/C17H16FN3O3/c18-12-1-2-15-13(3-12)16-14(8-24-15)11(7-22)6-21(16)17(23)10-4-19-9-20-5-10/h1-5,9,11,14,16,22H,6-8H2/t11-,14-,16-/m0/s1. The van der Waals surface area contributed by atoms with Crippen molar-refractivity contribution in [1.29, 1.82) is 0 Å². The predicted molar refractivity (Wildman–Crippen MR) is 81.8 cm³/mol. The highest BCUT2D eigenvalue weighted by molar-refractivity contribution is 5.94. The molecule has 124 valence electrons. The van der Waals surface area contributed by atoms with Crippen molar-refractivity contribution >= 4 is 5.91 Å². The second-order valence-corrected chi connectivity index (χ2v) is 6.13. The summed E-state index contributed by atoms with van der Waals surface area (Å²) in [6, 6.07) is 4.01. The number of aromatic nitrogens is 2. The number of ether oxygens (including phenoxy) is 1. The van der Waals surface area contributed by atoms with Gasteiger partial charge in [0.25, 0.3) is 5.91 Å². The molecule has 3 atom stereocenters. The molecule has 1 fully saturated rings. The highest BCUT2D eigenvalue weighted by Gasteiger charge is 2.48. The topological polar surface area (TPSA) is 75.6 Å². The number of amides is 1. The third-order valence-electron chi connectivity index (χ3n) is 4.80. The van der Waals surface area contributed by atoms with Gasteiger partial charge in [0.15, 0.2) is 0 Å². The number of hydrogen-bond donors (Lipinski definition) is 1. The number of aliphatic hydroxyl groups excluding tert-OH is 1. The molecule has 7 heteroatoms. The number of fused-ring (bicyclic) bond motifs is 3. The number of halogens is 1. The first kappa shape index (κ1) is 15.0. The van der Waals surface area contributed by atoms with Crippen LogP contribution in [0.4, 0.5) is 4.39 Å². The van der Waals surface area contributed by atoms with E-state index in [2.05, 4.69) is 9.97 Å². The lowest BCUT2D eigenvalue weighted by Gasteiger charge is -2.34. The van der Waals surface area contributed by atoms with Gasteiger partial charge < -0.3 is 14.7 Å². The Labute approximate surface area is 137 Å². The van der Waals surface area contributed by atoms with Crippen LogP contribution < -0.4 is 4.74 Å². The van der Waals surface area contributed by atoms with E-state index in [0.717, 1.165) is 0 Å². The fraction of sp³-hybridized carbons (Fsp3) is 0.353. The van der Waals surface area contributed by atoms with Crippen LogP contribution in [0.2, 0.25) is 0 Å². The van der Waals surface area contributed by atoms with Crippen LogP contribution in [0.25, 0.3) is 0 Å². The second-order valence-electron chi connectivity index (χ2n) is 6.13. The normalized spacial score (nSPS) is 24.9. The van der Waals surface area contributed by atoms with Gasteiger partial charge in [-0.25, -0.2) is 14.4 Å². The summed E-state index contributed by atoms with van der Waals surface area (Å²) in [5.41, 5.74) is 1.02. The van der Waals surface area contributed by atoms with E-state index in [1.165, 1.54) is 30.9 Å². The van der Waals surface area contributed by atoms with Crippen LogP contribution in [-0.4, -0.2) is 45.6 Å². The van der Waals surface area contributed by atoms with Gasteiger partial charge in [-0.2, -0.15) is 0 Å². The van der Waals surface area contributed by atoms with Gasteiger partial charge >= 0.3 is 0 Å². The summed E-state index contributed by atoms with van der Waals surface area (Å²) in [6.45, 7) is 0.729. The van der Waals surface area contributed by atoms with Crippen molar-refractivity contribution in [3.05, 3.63) is 53.9 Å². The number of nitrogens with zero attached hydrogens (tertiary/aromatic N) is 3. The average Bonchev–Trinajstić information content (AvgIpc) is 3.01. The van der Waals surface area contributed by atoms with Gasteiger partial charge in [-0.05, 0) is 18.2 Å². The van der Waals surface area contributed by atoms with E-state index in [4.69, 9.17) is 4.74 Å². The van der Waals surface area contributed by atoms with Crippen molar-refractivity contribution in [2.24, 2.45) is 11.8 Å². The van der Waals surface area contributed by atoms with Crippen molar-refractivity contribution < 1.29 is 19.0 Å². The van der Waals surface area contributed by atoms with Crippen LogP contribution in [0, 0.1) is 17.7 Å². The summed E-state index contributed by atoms with van der Waals surface area (Å²) in [7, 11) is 0. The monoisotopic (exact) mass is 329 g/mol. The molecule has 0 spiro atoms. The number of hydrogen-bond acceptors (Lipinski definition) is 5. The predicted octanol–water partition coefficient (Wildman–Crippen LogP) is 1.43. The Balaban J connectivity index is 1.76. The molecule has 0 radical (unpaired) electrons. The molecule has 0 aliphatic carbocycles. The molecule has 2 aliphatic rings. The summed E-state index contributed by atoms with van der Waals surface area (Å²) in [5.74, 6) is -0.198. The second kappa shape index (κ2) is 5.83. The van der Waals surface area contributed by atoms with Gasteiger partial charge in [0, 0.05) is 42.9 Å². The van der Waals surface area contributed by atoms with E-state index in [-0.39, 0.29) is 36.2 Å². The number of rotatable bonds is 2. The molecule has 24 heavy (non-hydrogen) atoms.